The van der Waals surface area contributed by atoms with Gasteiger partial charge in [0.2, 0.25) is 0 Å². The topological polar surface area (TPSA) is 46.2 Å². The molecule has 0 spiro atoms. The highest BCUT2D eigenvalue weighted by atomic mass is 16.7. The first-order chi connectivity index (χ1) is 10.3. The molecule has 0 unspecified atom stereocenters. The van der Waals surface area contributed by atoms with Crippen LogP contribution in [0, 0.1) is 0 Å². The number of ether oxygens (including phenoxy) is 5. The molecule has 0 radical (unpaired) electrons. The number of rotatable bonds is 12. The minimum Gasteiger partial charge on any atom is -0.374 e. The fourth-order valence-electron chi connectivity index (χ4n) is 1.73. The molecule has 0 aliphatic rings. The summed E-state index contributed by atoms with van der Waals surface area (Å²) in [6.45, 7) is 4.98. The highest BCUT2D eigenvalue weighted by Gasteiger charge is 2.20. The van der Waals surface area contributed by atoms with Crippen molar-refractivity contribution in [2.75, 3.05) is 34.4 Å². The van der Waals surface area contributed by atoms with Crippen molar-refractivity contribution in [1.29, 1.82) is 0 Å². The molecule has 1 aromatic carbocycles. The standard InChI is InChI=1S/C16H24O5/c1-4-15(20-12-17-2)16(21-13-18-3)11-19-10-14-8-6-5-7-9-14/h4-9,15-16H,1,10-13H2,2-3H3/t15-,16-/m0/s1. The molecule has 0 saturated heterocycles. The zero-order chi connectivity index (χ0) is 15.3. The summed E-state index contributed by atoms with van der Waals surface area (Å²) in [5.74, 6) is 0. The van der Waals surface area contributed by atoms with Crippen LogP contribution in [0.3, 0.4) is 0 Å². The molecule has 118 valence electrons. The zero-order valence-electron chi connectivity index (χ0n) is 12.7. The Morgan fingerprint density at radius 1 is 1.05 bits per heavy atom. The van der Waals surface area contributed by atoms with Gasteiger partial charge in [-0.15, -0.1) is 6.58 Å². The molecule has 0 N–H and O–H groups in total. The summed E-state index contributed by atoms with van der Waals surface area (Å²) in [4.78, 5) is 0. The zero-order valence-corrected chi connectivity index (χ0v) is 12.7. The maximum Gasteiger partial charge on any atom is 0.147 e. The first-order valence-electron chi connectivity index (χ1n) is 6.77. The molecule has 0 aliphatic heterocycles. The lowest BCUT2D eigenvalue weighted by Gasteiger charge is -2.24. The Kier molecular flexibility index (Phi) is 9.69. The van der Waals surface area contributed by atoms with E-state index in [1.54, 1.807) is 20.3 Å². The van der Waals surface area contributed by atoms with Gasteiger partial charge in [-0.25, -0.2) is 0 Å². The first-order valence-corrected chi connectivity index (χ1v) is 6.77. The third kappa shape index (κ3) is 7.36. The molecule has 1 rings (SSSR count). The molecule has 0 aliphatic carbocycles. The highest BCUT2D eigenvalue weighted by Crippen LogP contribution is 2.09. The summed E-state index contributed by atoms with van der Waals surface area (Å²) >= 11 is 0. The van der Waals surface area contributed by atoms with Gasteiger partial charge >= 0.3 is 0 Å². The van der Waals surface area contributed by atoms with Gasteiger partial charge < -0.3 is 23.7 Å². The Bertz CT molecular complexity index is 368. The van der Waals surface area contributed by atoms with E-state index in [1.165, 1.54) is 0 Å². The van der Waals surface area contributed by atoms with Gasteiger partial charge in [-0.3, -0.25) is 0 Å². The summed E-state index contributed by atoms with van der Waals surface area (Å²) in [6, 6.07) is 9.95. The van der Waals surface area contributed by atoms with E-state index in [4.69, 9.17) is 23.7 Å². The van der Waals surface area contributed by atoms with Crippen LogP contribution < -0.4 is 0 Å². The van der Waals surface area contributed by atoms with Crippen molar-refractivity contribution in [3.8, 4) is 0 Å². The van der Waals surface area contributed by atoms with Crippen LogP contribution in [0.25, 0.3) is 0 Å². The predicted molar refractivity (Wildman–Crippen MR) is 79.8 cm³/mol. The SMILES string of the molecule is C=C[C@H](OCOC)[C@H](COCc1ccccc1)OCOC. The van der Waals surface area contributed by atoms with Gasteiger partial charge in [0.1, 0.15) is 25.8 Å². The number of methoxy groups -OCH3 is 2. The Morgan fingerprint density at radius 3 is 2.33 bits per heavy atom. The normalized spacial score (nSPS) is 13.8. The van der Waals surface area contributed by atoms with E-state index in [2.05, 4.69) is 6.58 Å². The number of hydrogen-bond acceptors (Lipinski definition) is 5. The third-order valence-electron chi connectivity index (χ3n) is 2.77. The number of hydrogen-bond donors (Lipinski definition) is 0. The van der Waals surface area contributed by atoms with Crippen LogP contribution in [0.5, 0.6) is 0 Å². The van der Waals surface area contributed by atoms with Gasteiger partial charge in [0, 0.05) is 14.2 Å². The van der Waals surface area contributed by atoms with Crippen molar-refractivity contribution in [1.82, 2.24) is 0 Å². The van der Waals surface area contributed by atoms with E-state index in [0.717, 1.165) is 5.56 Å². The van der Waals surface area contributed by atoms with Gasteiger partial charge in [-0.05, 0) is 5.56 Å². The highest BCUT2D eigenvalue weighted by molar-refractivity contribution is 5.13. The van der Waals surface area contributed by atoms with Crippen LogP contribution in [-0.2, 0) is 30.3 Å². The predicted octanol–water partition coefficient (Wildman–Crippen LogP) is 2.37. The van der Waals surface area contributed by atoms with Crippen LogP contribution in [0.15, 0.2) is 43.0 Å². The van der Waals surface area contributed by atoms with Gasteiger partial charge in [-0.1, -0.05) is 36.4 Å². The summed E-state index contributed by atoms with van der Waals surface area (Å²) in [6.07, 6.45) is 1.04. The fourth-order valence-corrected chi connectivity index (χ4v) is 1.73. The van der Waals surface area contributed by atoms with Crippen molar-refractivity contribution in [3.05, 3.63) is 48.6 Å². The molecule has 2 atom stereocenters. The van der Waals surface area contributed by atoms with E-state index in [0.29, 0.717) is 13.2 Å². The average Bonchev–Trinajstić information content (AvgIpc) is 2.53. The second-order valence-electron chi connectivity index (χ2n) is 4.39. The molecule has 0 fully saturated rings. The minimum atomic E-state index is -0.323. The molecule has 21 heavy (non-hydrogen) atoms. The van der Waals surface area contributed by atoms with Crippen molar-refractivity contribution in [3.63, 3.8) is 0 Å². The van der Waals surface area contributed by atoms with E-state index >= 15 is 0 Å². The van der Waals surface area contributed by atoms with Crippen molar-refractivity contribution in [2.24, 2.45) is 0 Å². The maximum absolute atomic E-state index is 5.69. The van der Waals surface area contributed by atoms with Gasteiger partial charge in [-0.2, -0.15) is 0 Å². The van der Waals surface area contributed by atoms with Crippen molar-refractivity contribution in [2.45, 2.75) is 18.8 Å². The summed E-state index contributed by atoms with van der Waals surface area (Å²) in [5.41, 5.74) is 1.11. The smallest absolute Gasteiger partial charge is 0.147 e. The van der Waals surface area contributed by atoms with E-state index in [1.807, 2.05) is 30.3 Å². The molecule has 1 aromatic rings. The monoisotopic (exact) mass is 296 g/mol. The Balaban J connectivity index is 2.45. The summed E-state index contributed by atoms with van der Waals surface area (Å²) < 4.78 is 26.6. The van der Waals surface area contributed by atoms with Crippen molar-refractivity contribution >= 4 is 0 Å². The average molecular weight is 296 g/mol. The molecule has 5 nitrogen and oxygen atoms in total. The van der Waals surface area contributed by atoms with Gasteiger partial charge in [0.05, 0.1) is 13.2 Å². The van der Waals surface area contributed by atoms with Crippen LogP contribution >= 0.6 is 0 Å². The molecular weight excluding hydrogens is 272 g/mol. The fraction of sp³-hybridized carbons (Fsp3) is 0.500. The molecule has 0 bridgehead atoms. The lowest BCUT2D eigenvalue weighted by molar-refractivity contribution is -0.160. The first kappa shape index (κ1) is 17.8. The number of benzene rings is 1. The van der Waals surface area contributed by atoms with Crippen LogP contribution in [-0.4, -0.2) is 46.6 Å². The Hall–Kier alpha value is -1.24. The van der Waals surface area contributed by atoms with Gasteiger partial charge in [0.25, 0.3) is 0 Å². The van der Waals surface area contributed by atoms with Crippen LogP contribution in [0.4, 0.5) is 0 Å². The van der Waals surface area contributed by atoms with E-state index in [9.17, 15) is 0 Å². The molecule has 0 saturated carbocycles. The second-order valence-corrected chi connectivity index (χ2v) is 4.39. The molecule has 0 amide bonds. The largest absolute Gasteiger partial charge is 0.374 e. The van der Waals surface area contributed by atoms with Crippen LogP contribution in [0.2, 0.25) is 0 Å². The van der Waals surface area contributed by atoms with Crippen LogP contribution in [0.1, 0.15) is 5.56 Å². The Labute approximate surface area is 126 Å². The maximum atomic E-state index is 5.69. The second kappa shape index (κ2) is 11.4. The summed E-state index contributed by atoms with van der Waals surface area (Å²) in [7, 11) is 3.14. The molecule has 0 heterocycles. The Morgan fingerprint density at radius 2 is 1.71 bits per heavy atom. The lowest BCUT2D eigenvalue weighted by Crippen LogP contribution is -2.35. The van der Waals surface area contributed by atoms with Gasteiger partial charge in [0.15, 0.2) is 0 Å². The quantitative estimate of drug-likeness (QED) is 0.438. The lowest BCUT2D eigenvalue weighted by atomic mass is 10.2. The van der Waals surface area contributed by atoms with Crippen molar-refractivity contribution < 1.29 is 23.7 Å². The summed E-state index contributed by atoms with van der Waals surface area (Å²) in [5, 5.41) is 0. The van der Waals surface area contributed by atoms with E-state index in [-0.39, 0.29) is 25.8 Å². The van der Waals surface area contributed by atoms with E-state index < -0.39 is 0 Å². The molecule has 5 heteroatoms. The third-order valence-corrected chi connectivity index (χ3v) is 2.77. The minimum absolute atomic E-state index is 0.167. The molecule has 0 aromatic heterocycles. The molecular formula is C16H24O5.